The monoisotopic (exact) mass is 375 g/mol. The van der Waals surface area contributed by atoms with E-state index in [0.717, 1.165) is 4.52 Å². The summed E-state index contributed by atoms with van der Waals surface area (Å²) in [6.45, 7) is 3.09. The molecule has 0 saturated heterocycles. The minimum absolute atomic E-state index is 0.0681. The number of rotatable bonds is 3. The van der Waals surface area contributed by atoms with Gasteiger partial charge >= 0.3 is 6.18 Å². The van der Waals surface area contributed by atoms with Crippen molar-refractivity contribution in [1.29, 1.82) is 0 Å². The van der Waals surface area contributed by atoms with Gasteiger partial charge in [-0.25, -0.2) is 17.9 Å². The van der Waals surface area contributed by atoms with Crippen molar-refractivity contribution < 1.29 is 21.6 Å². The Morgan fingerprint density at radius 3 is 2.50 bits per heavy atom. The molecule has 0 aliphatic heterocycles. The molecule has 0 amide bonds. The average Bonchev–Trinajstić information content (AvgIpc) is 3.07. The average molecular weight is 375 g/mol. The Labute approximate surface area is 139 Å². The van der Waals surface area contributed by atoms with Gasteiger partial charge in [-0.1, -0.05) is 36.5 Å². The Hall–Kier alpha value is -1.94. The lowest BCUT2D eigenvalue weighted by Crippen LogP contribution is -2.06. The highest BCUT2D eigenvalue weighted by Crippen LogP contribution is 2.36. The van der Waals surface area contributed by atoms with Crippen molar-refractivity contribution in [2.24, 2.45) is 0 Å². The lowest BCUT2D eigenvalue weighted by Gasteiger charge is -2.08. The summed E-state index contributed by atoms with van der Waals surface area (Å²) in [5.74, 6) is -0.0816. The van der Waals surface area contributed by atoms with Gasteiger partial charge in [-0.15, -0.1) is 5.10 Å². The molecule has 0 radical (unpaired) electrons. The van der Waals surface area contributed by atoms with Crippen molar-refractivity contribution in [1.82, 2.24) is 14.6 Å². The zero-order valence-corrected chi connectivity index (χ0v) is 14.3. The van der Waals surface area contributed by atoms with Crippen molar-refractivity contribution in [3.8, 4) is 11.3 Å². The van der Waals surface area contributed by atoms with Crippen LogP contribution in [0.2, 0.25) is 0 Å². The summed E-state index contributed by atoms with van der Waals surface area (Å²) in [5, 5.41) is 2.55. The number of imidazole rings is 1. The van der Waals surface area contributed by atoms with Gasteiger partial charge in [0.15, 0.2) is 9.84 Å². The largest absolute Gasteiger partial charge is 0.445 e. The molecule has 0 bridgehead atoms. The SMILES string of the molecule is CCS(=O)(=O)c1ccccc1-c1nc2sc(C(F)(F)F)nn2c1C. The van der Waals surface area contributed by atoms with Crippen LogP contribution in [0.5, 0.6) is 0 Å². The molecule has 0 atom stereocenters. The van der Waals surface area contributed by atoms with Crippen LogP contribution in [0.25, 0.3) is 16.2 Å². The number of nitrogens with zero attached hydrogens (tertiary/aromatic N) is 3. The number of alkyl halides is 3. The minimum atomic E-state index is -4.54. The first-order valence-electron chi connectivity index (χ1n) is 6.90. The van der Waals surface area contributed by atoms with E-state index in [1.54, 1.807) is 25.1 Å². The molecule has 0 saturated carbocycles. The van der Waals surface area contributed by atoms with Crippen LogP contribution in [0.1, 0.15) is 17.6 Å². The van der Waals surface area contributed by atoms with Gasteiger partial charge in [0.2, 0.25) is 9.97 Å². The van der Waals surface area contributed by atoms with Crippen LogP contribution in [0, 0.1) is 6.92 Å². The number of halogens is 3. The molecule has 1 aromatic carbocycles. The summed E-state index contributed by atoms with van der Waals surface area (Å²) in [6, 6.07) is 6.31. The van der Waals surface area contributed by atoms with Crippen LogP contribution in [-0.4, -0.2) is 28.8 Å². The number of hydrogen-bond donors (Lipinski definition) is 0. The second-order valence-electron chi connectivity index (χ2n) is 5.04. The van der Waals surface area contributed by atoms with Gasteiger partial charge < -0.3 is 0 Å². The fourth-order valence-electron chi connectivity index (χ4n) is 2.31. The van der Waals surface area contributed by atoms with Gasteiger partial charge in [0, 0.05) is 5.56 Å². The number of hydrogen-bond acceptors (Lipinski definition) is 5. The number of aryl methyl sites for hydroxylation is 1. The summed E-state index contributed by atoms with van der Waals surface area (Å²) >= 11 is 0.419. The first kappa shape index (κ1) is 16.9. The highest BCUT2D eigenvalue weighted by Gasteiger charge is 2.36. The molecule has 3 aromatic rings. The van der Waals surface area contributed by atoms with Crippen LogP contribution < -0.4 is 0 Å². The van der Waals surface area contributed by atoms with E-state index >= 15 is 0 Å². The second-order valence-corrected chi connectivity index (χ2v) is 8.25. The highest BCUT2D eigenvalue weighted by atomic mass is 32.2. The van der Waals surface area contributed by atoms with Crippen LogP contribution in [0.3, 0.4) is 0 Å². The van der Waals surface area contributed by atoms with Gasteiger partial charge in [-0.2, -0.15) is 13.2 Å². The topological polar surface area (TPSA) is 64.3 Å². The van der Waals surface area contributed by atoms with E-state index in [9.17, 15) is 21.6 Å². The molecule has 10 heteroatoms. The number of aromatic nitrogens is 3. The highest BCUT2D eigenvalue weighted by molar-refractivity contribution is 7.91. The lowest BCUT2D eigenvalue weighted by molar-refractivity contribution is -0.138. The molecule has 0 aliphatic carbocycles. The fraction of sp³-hybridized carbons (Fsp3) is 0.286. The Balaban J connectivity index is 2.22. The third-order valence-electron chi connectivity index (χ3n) is 3.53. The normalized spacial score (nSPS) is 12.9. The van der Waals surface area contributed by atoms with Crippen molar-refractivity contribution in [3.63, 3.8) is 0 Å². The van der Waals surface area contributed by atoms with Gasteiger partial charge in [0.1, 0.15) is 0 Å². The maximum Gasteiger partial charge on any atom is 0.445 e. The van der Waals surface area contributed by atoms with E-state index in [1.165, 1.54) is 13.0 Å². The van der Waals surface area contributed by atoms with Crippen LogP contribution in [0.4, 0.5) is 13.2 Å². The smallest absolute Gasteiger partial charge is 0.224 e. The molecule has 24 heavy (non-hydrogen) atoms. The van der Waals surface area contributed by atoms with E-state index in [-0.39, 0.29) is 15.6 Å². The molecule has 0 aliphatic rings. The van der Waals surface area contributed by atoms with Crippen molar-refractivity contribution in [2.45, 2.75) is 24.9 Å². The molecule has 0 N–H and O–H groups in total. The van der Waals surface area contributed by atoms with Crippen LogP contribution in [-0.2, 0) is 16.0 Å². The summed E-state index contributed by atoms with van der Waals surface area (Å²) in [5.41, 5.74) is 1.04. The van der Waals surface area contributed by atoms with Gasteiger partial charge in [0.25, 0.3) is 0 Å². The first-order chi connectivity index (χ1) is 11.1. The predicted molar refractivity (Wildman–Crippen MR) is 83.8 cm³/mol. The standard InChI is InChI=1S/C14H12F3N3O2S2/c1-3-24(21,22)10-7-5-4-6-9(10)11-8(2)20-13(18-11)23-12(19-20)14(15,16)17/h4-7H,3H2,1-2H3. The summed E-state index contributed by atoms with van der Waals surface area (Å²) < 4.78 is 63.9. The Bertz CT molecular complexity index is 1020. The van der Waals surface area contributed by atoms with E-state index in [1.807, 2.05) is 0 Å². The van der Waals surface area contributed by atoms with Gasteiger partial charge in [0.05, 0.1) is 22.0 Å². The van der Waals surface area contributed by atoms with Gasteiger partial charge in [-0.3, -0.25) is 0 Å². The third kappa shape index (κ3) is 2.69. The molecular weight excluding hydrogens is 363 g/mol. The molecule has 0 spiro atoms. The number of benzene rings is 1. The van der Waals surface area contributed by atoms with E-state index in [0.29, 0.717) is 28.3 Å². The number of fused-ring (bicyclic) bond motifs is 1. The summed E-state index contributed by atoms with van der Waals surface area (Å²) in [6.07, 6.45) is -4.54. The van der Waals surface area contributed by atoms with Crippen LogP contribution in [0.15, 0.2) is 29.2 Å². The minimum Gasteiger partial charge on any atom is -0.224 e. The van der Waals surface area contributed by atoms with Crippen molar-refractivity contribution >= 4 is 26.1 Å². The quantitative estimate of drug-likeness (QED) is 0.702. The van der Waals surface area contributed by atoms with Gasteiger partial charge in [-0.05, 0) is 13.0 Å². The molecule has 3 rings (SSSR count). The Morgan fingerprint density at radius 1 is 1.25 bits per heavy atom. The summed E-state index contributed by atoms with van der Waals surface area (Å²) in [7, 11) is -3.49. The third-order valence-corrected chi connectivity index (χ3v) is 6.27. The zero-order valence-electron chi connectivity index (χ0n) is 12.6. The first-order valence-corrected chi connectivity index (χ1v) is 9.37. The van der Waals surface area contributed by atoms with Crippen LogP contribution >= 0.6 is 11.3 Å². The second kappa shape index (κ2) is 5.55. The zero-order chi connectivity index (χ0) is 17.7. The molecule has 2 aromatic heterocycles. The predicted octanol–water partition coefficient (Wildman–Crippen LogP) is 3.58. The van der Waals surface area contributed by atoms with E-state index < -0.39 is 21.0 Å². The molecule has 0 unspecified atom stereocenters. The number of sulfone groups is 1. The Kier molecular flexibility index (Phi) is 3.91. The molecule has 2 heterocycles. The van der Waals surface area contributed by atoms with E-state index in [2.05, 4.69) is 10.1 Å². The van der Waals surface area contributed by atoms with Crippen molar-refractivity contribution in [2.75, 3.05) is 5.75 Å². The molecule has 0 fully saturated rings. The lowest BCUT2D eigenvalue weighted by atomic mass is 10.1. The molecule has 5 nitrogen and oxygen atoms in total. The summed E-state index contributed by atoms with van der Waals surface area (Å²) in [4.78, 5) is 4.36. The maximum atomic E-state index is 12.8. The molecule has 128 valence electrons. The fourth-order valence-corrected chi connectivity index (χ4v) is 4.22. The molecular formula is C14H12F3N3O2S2. The van der Waals surface area contributed by atoms with E-state index in [4.69, 9.17) is 0 Å². The van der Waals surface area contributed by atoms with Crippen molar-refractivity contribution in [3.05, 3.63) is 35.0 Å². The maximum absolute atomic E-state index is 12.8. The Morgan fingerprint density at radius 2 is 1.92 bits per heavy atom.